The van der Waals surface area contributed by atoms with Gasteiger partial charge in [0.25, 0.3) is 0 Å². The third kappa shape index (κ3) is 38.5. The molecule has 54 heavy (non-hydrogen) atoms. The fourth-order valence-electron chi connectivity index (χ4n) is 5.73. The van der Waals surface area contributed by atoms with Crippen LogP contribution in [0.5, 0.6) is 0 Å². The van der Waals surface area contributed by atoms with E-state index in [0.717, 1.165) is 64.2 Å². The molecule has 4 N–H and O–H groups in total. The number of hydrogen-bond acceptors (Lipinski definition) is 8. The number of phosphoric acid groups is 1. The quantitative estimate of drug-likeness (QED) is 0.0236. The summed E-state index contributed by atoms with van der Waals surface area (Å²) in [6.07, 6.45) is 43.3. The number of hydrogen-bond donors (Lipinski definition) is 3. The van der Waals surface area contributed by atoms with E-state index in [0.29, 0.717) is 13.0 Å². The van der Waals surface area contributed by atoms with Crippen LogP contribution >= 0.6 is 7.82 Å². The summed E-state index contributed by atoms with van der Waals surface area (Å²) in [5, 5.41) is 8.89. The van der Waals surface area contributed by atoms with E-state index in [4.69, 9.17) is 29.4 Å². The maximum atomic E-state index is 12.6. The second kappa shape index (κ2) is 39.4. The molecule has 3 unspecified atom stereocenters. The van der Waals surface area contributed by atoms with Crippen LogP contribution in [0.15, 0.2) is 36.5 Å². The van der Waals surface area contributed by atoms with Gasteiger partial charge in [0, 0.05) is 13.0 Å². The molecule has 0 aromatic carbocycles. The highest BCUT2D eigenvalue weighted by atomic mass is 31.2. The zero-order chi connectivity index (χ0) is 39.8. The van der Waals surface area contributed by atoms with E-state index >= 15 is 0 Å². The number of carbonyl (C=O) groups is 2. The maximum Gasteiger partial charge on any atom is 0.472 e. The number of carboxylic acids is 1. The molecule has 11 heteroatoms. The van der Waals surface area contributed by atoms with E-state index in [1.807, 2.05) is 0 Å². The Labute approximate surface area is 329 Å². The van der Waals surface area contributed by atoms with Crippen molar-refractivity contribution >= 4 is 19.8 Å². The number of ether oxygens (including phenoxy) is 2. The molecule has 0 aromatic heterocycles. The first kappa shape index (κ1) is 52.2. The normalized spacial score (nSPS) is 14.3. The van der Waals surface area contributed by atoms with Gasteiger partial charge in [0.15, 0.2) is 0 Å². The van der Waals surface area contributed by atoms with Crippen molar-refractivity contribution in [1.82, 2.24) is 0 Å². The fraction of sp³-hybridized carbons (Fsp3) is 0.814. The molecular weight excluding hydrogens is 705 g/mol. The average Bonchev–Trinajstić information content (AvgIpc) is 3.15. The molecule has 10 nitrogen and oxygen atoms in total. The van der Waals surface area contributed by atoms with Crippen LogP contribution in [0, 0.1) is 0 Å². The Hall–Kier alpha value is -1.81. The van der Waals surface area contributed by atoms with Gasteiger partial charge in [0.2, 0.25) is 0 Å². The summed E-state index contributed by atoms with van der Waals surface area (Å²) in [5.74, 6) is -1.79. The predicted molar refractivity (Wildman–Crippen MR) is 221 cm³/mol. The first-order valence-corrected chi connectivity index (χ1v) is 23.0. The number of carboxylic acid groups (broad SMARTS) is 1. The smallest absolute Gasteiger partial charge is 0.472 e. The zero-order valence-corrected chi connectivity index (χ0v) is 35.2. The van der Waals surface area contributed by atoms with Crippen LogP contribution in [0.2, 0.25) is 0 Å². The SMILES string of the molecule is CCCC/C=C\C/C=C\CCCCCCCC(=O)OC(COCCCCCCCCCC/C=C\CCCCCCCC)COP(=O)(O)OCC(N)C(=O)O. The van der Waals surface area contributed by atoms with E-state index in [2.05, 4.69) is 50.3 Å². The fourth-order valence-corrected chi connectivity index (χ4v) is 6.51. The highest BCUT2D eigenvalue weighted by Gasteiger charge is 2.27. The minimum atomic E-state index is -4.62. The summed E-state index contributed by atoms with van der Waals surface area (Å²) in [4.78, 5) is 33.5. The molecule has 3 atom stereocenters. The molecule has 0 spiro atoms. The van der Waals surface area contributed by atoms with Crippen LogP contribution in [-0.2, 0) is 32.7 Å². The average molecular weight is 786 g/mol. The van der Waals surface area contributed by atoms with Crippen molar-refractivity contribution in [2.24, 2.45) is 5.73 Å². The van der Waals surface area contributed by atoms with Gasteiger partial charge in [-0.2, -0.15) is 0 Å². The highest BCUT2D eigenvalue weighted by molar-refractivity contribution is 7.47. The number of nitrogens with two attached hydrogens (primary N) is 1. The Morgan fingerprint density at radius 3 is 1.57 bits per heavy atom. The lowest BCUT2D eigenvalue weighted by Gasteiger charge is -2.20. The Kier molecular flexibility index (Phi) is 38.1. The number of rotatable bonds is 41. The molecule has 0 aliphatic heterocycles. The van der Waals surface area contributed by atoms with E-state index in [1.165, 1.54) is 96.3 Å². The van der Waals surface area contributed by atoms with Gasteiger partial charge in [-0.1, -0.05) is 153 Å². The number of allylic oxidation sites excluding steroid dienone is 6. The van der Waals surface area contributed by atoms with Crippen LogP contribution < -0.4 is 5.73 Å². The molecular formula is C43H80NO9P. The van der Waals surface area contributed by atoms with Crippen molar-refractivity contribution < 1.29 is 42.7 Å². The number of unbranched alkanes of at least 4 members (excludes halogenated alkanes) is 21. The second-order valence-corrected chi connectivity index (χ2v) is 15.9. The van der Waals surface area contributed by atoms with Crippen LogP contribution in [-0.4, -0.2) is 60.5 Å². The number of phosphoric ester groups is 1. The van der Waals surface area contributed by atoms with Crippen molar-refractivity contribution in [3.05, 3.63) is 36.5 Å². The minimum absolute atomic E-state index is 0.00976. The molecule has 0 amide bonds. The Morgan fingerprint density at radius 2 is 1.04 bits per heavy atom. The highest BCUT2D eigenvalue weighted by Crippen LogP contribution is 2.43. The Balaban J connectivity index is 4.25. The van der Waals surface area contributed by atoms with Crippen LogP contribution in [0.1, 0.15) is 187 Å². The number of esters is 1. The first-order valence-electron chi connectivity index (χ1n) is 21.5. The summed E-state index contributed by atoms with van der Waals surface area (Å²) >= 11 is 0. The predicted octanol–water partition coefficient (Wildman–Crippen LogP) is 11.7. The molecule has 0 fully saturated rings. The molecule has 0 bridgehead atoms. The van der Waals surface area contributed by atoms with Crippen molar-refractivity contribution in [1.29, 1.82) is 0 Å². The standard InChI is InChI=1S/C43H80NO9P/c1-3-5-7-9-11-13-15-17-19-20-21-22-24-26-28-30-32-34-36-50-37-40(38-51-54(48,49)52-39-41(44)43(46)47)53-42(45)35-33-31-29-27-25-23-18-16-14-12-10-8-6-4-2/h10,12,16-19,40-41H,3-9,11,13-15,20-39,44H2,1-2H3,(H,46,47)(H,48,49)/b12-10-,18-16-,19-17-. The van der Waals surface area contributed by atoms with Gasteiger partial charge in [0.05, 0.1) is 19.8 Å². The monoisotopic (exact) mass is 786 g/mol. The third-order valence-electron chi connectivity index (χ3n) is 9.14. The maximum absolute atomic E-state index is 12.6. The molecule has 316 valence electrons. The van der Waals surface area contributed by atoms with Crippen LogP contribution in [0.25, 0.3) is 0 Å². The van der Waals surface area contributed by atoms with Gasteiger partial charge >= 0.3 is 19.8 Å². The Bertz CT molecular complexity index is 1000. The topological polar surface area (TPSA) is 155 Å². The number of carbonyl (C=O) groups excluding carboxylic acids is 1. The van der Waals surface area contributed by atoms with Gasteiger partial charge in [-0.05, 0) is 64.2 Å². The number of aliphatic carboxylic acids is 1. The molecule has 0 heterocycles. The van der Waals surface area contributed by atoms with Crippen molar-refractivity contribution in [3.63, 3.8) is 0 Å². The van der Waals surface area contributed by atoms with E-state index in [9.17, 15) is 19.0 Å². The van der Waals surface area contributed by atoms with Gasteiger partial charge in [-0.3, -0.25) is 18.6 Å². The minimum Gasteiger partial charge on any atom is -0.480 e. The van der Waals surface area contributed by atoms with Gasteiger partial charge in [-0.25, -0.2) is 4.57 Å². The van der Waals surface area contributed by atoms with E-state index in [-0.39, 0.29) is 13.0 Å². The summed E-state index contributed by atoms with van der Waals surface area (Å²) in [7, 11) is -4.62. The summed E-state index contributed by atoms with van der Waals surface area (Å²) in [6.45, 7) is 3.81. The van der Waals surface area contributed by atoms with Crippen molar-refractivity contribution in [3.8, 4) is 0 Å². The summed E-state index contributed by atoms with van der Waals surface area (Å²) in [6, 6.07) is -1.48. The first-order chi connectivity index (χ1) is 26.2. The third-order valence-corrected chi connectivity index (χ3v) is 10.1. The second-order valence-electron chi connectivity index (χ2n) is 14.5. The Morgan fingerprint density at radius 1 is 0.593 bits per heavy atom. The van der Waals surface area contributed by atoms with Crippen molar-refractivity contribution in [2.45, 2.75) is 199 Å². The zero-order valence-electron chi connectivity index (χ0n) is 34.3. The van der Waals surface area contributed by atoms with Gasteiger partial charge in [-0.15, -0.1) is 0 Å². The van der Waals surface area contributed by atoms with Crippen LogP contribution in [0.4, 0.5) is 0 Å². The van der Waals surface area contributed by atoms with Crippen LogP contribution in [0.3, 0.4) is 0 Å². The summed E-state index contributed by atoms with van der Waals surface area (Å²) in [5.41, 5.74) is 5.35. The summed E-state index contributed by atoms with van der Waals surface area (Å²) < 4.78 is 33.3. The van der Waals surface area contributed by atoms with E-state index in [1.54, 1.807) is 0 Å². The molecule has 0 radical (unpaired) electrons. The lowest BCUT2D eigenvalue weighted by molar-refractivity contribution is -0.154. The van der Waals surface area contributed by atoms with E-state index < -0.39 is 45.1 Å². The molecule has 0 rings (SSSR count). The van der Waals surface area contributed by atoms with Crippen molar-refractivity contribution in [2.75, 3.05) is 26.4 Å². The van der Waals surface area contributed by atoms with Gasteiger partial charge < -0.3 is 25.2 Å². The molecule has 0 aromatic rings. The molecule has 0 aliphatic carbocycles. The molecule has 0 saturated heterocycles. The van der Waals surface area contributed by atoms with Gasteiger partial charge in [0.1, 0.15) is 12.1 Å². The largest absolute Gasteiger partial charge is 0.480 e. The lowest BCUT2D eigenvalue weighted by Crippen LogP contribution is -2.34. The lowest BCUT2D eigenvalue weighted by atomic mass is 10.1. The molecule has 0 aliphatic rings. The molecule has 0 saturated carbocycles.